The molecule has 0 bridgehead atoms. The van der Waals surface area contributed by atoms with Crippen molar-refractivity contribution in [1.82, 2.24) is 0 Å². The molecule has 0 aliphatic heterocycles. The van der Waals surface area contributed by atoms with E-state index in [9.17, 15) is 0 Å². The average Bonchev–Trinajstić information content (AvgIpc) is 2.40. The zero-order chi connectivity index (χ0) is 12.1. The Hall–Kier alpha value is -1.76. The Balaban J connectivity index is 2.27. The molecule has 0 spiro atoms. The van der Waals surface area contributed by atoms with E-state index in [1.807, 2.05) is 42.5 Å². The fourth-order valence-electron chi connectivity index (χ4n) is 1.82. The highest BCUT2D eigenvalue weighted by molar-refractivity contribution is 5.39. The van der Waals surface area contributed by atoms with Crippen LogP contribution in [0.25, 0.3) is 0 Å². The lowest BCUT2D eigenvalue weighted by atomic mass is 9.98. The molecule has 1 unspecified atom stereocenters. The lowest BCUT2D eigenvalue weighted by Gasteiger charge is -2.15. The topological polar surface area (TPSA) is 9.23 Å². The number of rotatable bonds is 4. The SMILES string of the molecule is CCC(C)c1ccccc1Oc1ccccc1. The standard InChI is InChI=1S/C16H18O/c1-3-13(2)15-11-7-8-12-16(15)17-14-9-5-4-6-10-14/h4-13H,3H2,1-2H3. The van der Waals surface area contributed by atoms with Crippen LogP contribution >= 0.6 is 0 Å². The zero-order valence-corrected chi connectivity index (χ0v) is 10.4. The molecule has 88 valence electrons. The third kappa shape index (κ3) is 2.88. The summed E-state index contributed by atoms with van der Waals surface area (Å²) in [6.07, 6.45) is 1.12. The summed E-state index contributed by atoms with van der Waals surface area (Å²) >= 11 is 0. The molecule has 0 saturated heterocycles. The Bertz CT molecular complexity index is 462. The van der Waals surface area contributed by atoms with Crippen LogP contribution in [0, 0.1) is 0 Å². The molecule has 0 N–H and O–H groups in total. The molecule has 2 aromatic rings. The molecule has 0 fully saturated rings. The zero-order valence-electron chi connectivity index (χ0n) is 10.4. The third-order valence-electron chi connectivity index (χ3n) is 3.03. The highest BCUT2D eigenvalue weighted by Crippen LogP contribution is 2.31. The van der Waals surface area contributed by atoms with Gasteiger partial charge >= 0.3 is 0 Å². The van der Waals surface area contributed by atoms with Crippen LogP contribution in [0.3, 0.4) is 0 Å². The van der Waals surface area contributed by atoms with Gasteiger partial charge in [0.25, 0.3) is 0 Å². The summed E-state index contributed by atoms with van der Waals surface area (Å²) in [6.45, 7) is 4.43. The normalized spacial score (nSPS) is 12.1. The summed E-state index contributed by atoms with van der Waals surface area (Å²) in [7, 11) is 0. The van der Waals surface area contributed by atoms with Gasteiger partial charge in [0.2, 0.25) is 0 Å². The predicted octanol–water partition coefficient (Wildman–Crippen LogP) is 4.99. The Morgan fingerprint density at radius 1 is 0.941 bits per heavy atom. The second-order valence-electron chi connectivity index (χ2n) is 4.26. The van der Waals surface area contributed by atoms with Gasteiger partial charge in [-0.2, -0.15) is 0 Å². The Morgan fingerprint density at radius 3 is 2.29 bits per heavy atom. The summed E-state index contributed by atoms with van der Waals surface area (Å²) in [5.74, 6) is 2.38. The van der Waals surface area contributed by atoms with E-state index in [1.54, 1.807) is 0 Å². The number of hydrogen-bond acceptors (Lipinski definition) is 1. The maximum absolute atomic E-state index is 5.93. The van der Waals surface area contributed by atoms with Gasteiger partial charge in [0.1, 0.15) is 11.5 Å². The van der Waals surface area contributed by atoms with Crippen LogP contribution in [0.5, 0.6) is 11.5 Å². The predicted molar refractivity (Wildman–Crippen MR) is 71.7 cm³/mol. The molecule has 0 heterocycles. The molecule has 17 heavy (non-hydrogen) atoms. The van der Waals surface area contributed by atoms with Crippen molar-refractivity contribution in [2.45, 2.75) is 26.2 Å². The molecule has 2 aromatic carbocycles. The molecule has 1 nitrogen and oxygen atoms in total. The van der Waals surface area contributed by atoms with Crippen LogP contribution in [-0.4, -0.2) is 0 Å². The minimum Gasteiger partial charge on any atom is -0.457 e. The molecular formula is C16H18O. The van der Waals surface area contributed by atoms with E-state index in [-0.39, 0.29) is 0 Å². The minimum atomic E-state index is 0.523. The van der Waals surface area contributed by atoms with Crippen molar-refractivity contribution in [3.63, 3.8) is 0 Å². The molecule has 0 aromatic heterocycles. The van der Waals surface area contributed by atoms with E-state index in [0.29, 0.717) is 5.92 Å². The second kappa shape index (κ2) is 5.53. The minimum absolute atomic E-state index is 0.523. The van der Waals surface area contributed by atoms with Crippen LogP contribution in [0.1, 0.15) is 31.7 Å². The molecule has 0 saturated carbocycles. The molecule has 0 amide bonds. The Kier molecular flexibility index (Phi) is 3.81. The molecule has 1 heteroatoms. The smallest absolute Gasteiger partial charge is 0.130 e. The summed E-state index contributed by atoms with van der Waals surface area (Å²) in [6, 6.07) is 18.2. The molecule has 0 radical (unpaired) electrons. The van der Waals surface area contributed by atoms with Crippen molar-refractivity contribution in [2.75, 3.05) is 0 Å². The molecule has 1 atom stereocenters. The Labute approximate surface area is 103 Å². The van der Waals surface area contributed by atoms with Crippen LogP contribution in [-0.2, 0) is 0 Å². The number of ether oxygens (including phenoxy) is 1. The van der Waals surface area contributed by atoms with E-state index in [0.717, 1.165) is 17.9 Å². The van der Waals surface area contributed by atoms with Gasteiger partial charge in [-0.1, -0.05) is 50.2 Å². The fraction of sp³-hybridized carbons (Fsp3) is 0.250. The van der Waals surface area contributed by atoms with E-state index in [2.05, 4.69) is 26.0 Å². The maximum atomic E-state index is 5.93. The first-order valence-corrected chi connectivity index (χ1v) is 6.13. The van der Waals surface area contributed by atoms with Gasteiger partial charge in [0.15, 0.2) is 0 Å². The van der Waals surface area contributed by atoms with Crippen molar-refractivity contribution in [3.05, 3.63) is 60.2 Å². The second-order valence-corrected chi connectivity index (χ2v) is 4.26. The van der Waals surface area contributed by atoms with Crippen LogP contribution in [0.15, 0.2) is 54.6 Å². The number of hydrogen-bond donors (Lipinski definition) is 0. The van der Waals surface area contributed by atoms with Crippen molar-refractivity contribution in [3.8, 4) is 11.5 Å². The Morgan fingerprint density at radius 2 is 1.59 bits per heavy atom. The third-order valence-corrected chi connectivity index (χ3v) is 3.03. The largest absolute Gasteiger partial charge is 0.457 e. The van der Waals surface area contributed by atoms with Crippen LogP contribution in [0.2, 0.25) is 0 Å². The average molecular weight is 226 g/mol. The van der Waals surface area contributed by atoms with Gasteiger partial charge in [-0.05, 0) is 36.1 Å². The summed E-state index contributed by atoms with van der Waals surface area (Å²) < 4.78 is 5.93. The summed E-state index contributed by atoms with van der Waals surface area (Å²) in [5, 5.41) is 0. The molecule has 0 aliphatic carbocycles. The van der Waals surface area contributed by atoms with E-state index in [4.69, 9.17) is 4.74 Å². The monoisotopic (exact) mass is 226 g/mol. The van der Waals surface area contributed by atoms with Gasteiger partial charge in [-0.3, -0.25) is 0 Å². The lowest BCUT2D eigenvalue weighted by Crippen LogP contribution is -1.95. The fourth-order valence-corrected chi connectivity index (χ4v) is 1.82. The van der Waals surface area contributed by atoms with E-state index < -0.39 is 0 Å². The molecule has 2 rings (SSSR count). The summed E-state index contributed by atoms with van der Waals surface area (Å²) in [4.78, 5) is 0. The maximum Gasteiger partial charge on any atom is 0.130 e. The highest BCUT2D eigenvalue weighted by atomic mass is 16.5. The molecule has 0 aliphatic rings. The highest BCUT2D eigenvalue weighted by Gasteiger charge is 2.09. The van der Waals surface area contributed by atoms with Crippen molar-refractivity contribution in [2.24, 2.45) is 0 Å². The van der Waals surface area contributed by atoms with Gasteiger partial charge < -0.3 is 4.74 Å². The van der Waals surface area contributed by atoms with Crippen molar-refractivity contribution >= 4 is 0 Å². The van der Waals surface area contributed by atoms with E-state index >= 15 is 0 Å². The summed E-state index contributed by atoms with van der Waals surface area (Å²) in [5.41, 5.74) is 1.28. The van der Waals surface area contributed by atoms with Crippen LogP contribution in [0.4, 0.5) is 0 Å². The van der Waals surface area contributed by atoms with Crippen molar-refractivity contribution in [1.29, 1.82) is 0 Å². The van der Waals surface area contributed by atoms with Gasteiger partial charge in [0, 0.05) is 0 Å². The van der Waals surface area contributed by atoms with E-state index in [1.165, 1.54) is 5.56 Å². The first-order chi connectivity index (χ1) is 8.31. The number of benzene rings is 2. The first-order valence-electron chi connectivity index (χ1n) is 6.13. The van der Waals surface area contributed by atoms with Gasteiger partial charge in [-0.25, -0.2) is 0 Å². The van der Waals surface area contributed by atoms with Gasteiger partial charge in [-0.15, -0.1) is 0 Å². The van der Waals surface area contributed by atoms with Crippen molar-refractivity contribution < 1.29 is 4.74 Å². The lowest BCUT2D eigenvalue weighted by molar-refractivity contribution is 0.470. The quantitative estimate of drug-likeness (QED) is 0.713. The first kappa shape index (κ1) is 11.7. The van der Waals surface area contributed by atoms with Gasteiger partial charge in [0.05, 0.1) is 0 Å². The van der Waals surface area contributed by atoms with Crippen LogP contribution < -0.4 is 4.74 Å². The number of para-hydroxylation sites is 2. The molecular weight excluding hydrogens is 208 g/mol.